The number of hydrogen-bond acceptors (Lipinski definition) is 5. The first-order valence-electron chi connectivity index (χ1n) is 7.70. The van der Waals surface area contributed by atoms with Gasteiger partial charge < -0.3 is 14.7 Å². The van der Waals surface area contributed by atoms with E-state index in [0.717, 1.165) is 12.8 Å². The highest BCUT2D eigenvalue weighted by Gasteiger charge is 2.29. The van der Waals surface area contributed by atoms with Crippen LogP contribution in [-0.4, -0.2) is 45.3 Å². The summed E-state index contributed by atoms with van der Waals surface area (Å²) >= 11 is 0. The van der Waals surface area contributed by atoms with E-state index in [1.54, 1.807) is 35.4 Å². The molecule has 3 rings (SSSR count). The molecule has 1 fully saturated rings. The highest BCUT2D eigenvalue weighted by Crippen LogP contribution is 2.21. The summed E-state index contributed by atoms with van der Waals surface area (Å²) < 4.78 is 5.77. The summed E-state index contributed by atoms with van der Waals surface area (Å²) in [6.45, 7) is 1.07. The Morgan fingerprint density at radius 3 is 2.83 bits per heavy atom. The SMILES string of the molecule is O=C(C(O)c1ccccc1)N1CCCC(Oc2cccnn2)C1. The average molecular weight is 313 g/mol. The van der Waals surface area contributed by atoms with Gasteiger partial charge in [-0.25, -0.2) is 0 Å². The molecule has 1 aromatic carbocycles. The number of aliphatic hydroxyl groups excluding tert-OH is 1. The van der Waals surface area contributed by atoms with Crippen LogP contribution >= 0.6 is 0 Å². The first-order chi connectivity index (χ1) is 11.2. The van der Waals surface area contributed by atoms with Gasteiger partial charge in [-0.05, 0) is 24.5 Å². The molecule has 1 amide bonds. The number of aromatic nitrogens is 2. The van der Waals surface area contributed by atoms with Gasteiger partial charge in [0.25, 0.3) is 5.91 Å². The fourth-order valence-corrected chi connectivity index (χ4v) is 2.71. The molecule has 2 atom stereocenters. The number of aliphatic hydroxyl groups is 1. The summed E-state index contributed by atoms with van der Waals surface area (Å²) in [6, 6.07) is 12.5. The van der Waals surface area contributed by atoms with Crippen molar-refractivity contribution in [2.45, 2.75) is 25.0 Å². The molecule has 0 spiro atoms. The lowest BCUT2D eigenvalue weighted by molar-refractivity contribution is -0.143. The molecule has 2 unspecified atom stereocenters. The highest BCUT2D eigenvalue weighted by atomic mass is 16.5. The lowest BCUT2D eigenvalue weighted by Crippen LogP contribution is -2.46. The summed E-state index contributed by atoms with van der Waals surface area (Å²) in [5.41, 5.74) is 0.606. The minimum atomic E-state index is -1.13. The number of ether oxygens (including phenoxy) is 1. The molecular formula is C17H19N3O3. The van der Waals surface area contributed by atoms with Gasteiger partial charge in [-0.15, -0.1) is 5.10 Å². The zero-order chi connectivity index (χ0) is 16.1. The van der Waals surface area contributed by atoms with Crippen LogP contribution in [0.2, 0.25) is 0 Å². The Morgan fingerprint density at radius 1 is 1.26 bits per heavy atom. The van der Waals surface area contributed by atoms with Gasteiger partial charge in [0.2, 0.25) is 5.88 Å². The lowest BCUT2D eigenvalue weighted by atomic mass is 10.0. The van der Waals surface area contributed by atoms with Gasteiger partial charge in [-0.3, -0.25) is 4.79 Å². The Hall–Kier alpha value is -2.47. The third kappa shape index (κ3) is 3.84. The first-order valence-corrected chi connectivity index (χ1v) is 7.70. The Morgan fingerprint density at radius 2 is 2.09 bits per heavy atom. The molecule has 0 radical (unpaired) electrons. The van der Waals surface area contributed by atoms with Crippen LogP contribution in [0.15, 0.2) is 48.7 Å². The average Bonchev–Trinajstić information content (AvgIpc) is 2.62. The monoisotopic (exact) mass is 313 g/mol. The predicted molar refractivity (Wildman–Crippen MR) is 83.7 cm³/mol. The number of benzene rings is 1. The second-order valence-corrected chi connectivity index (χ2v) is 5.54. The van der Waals surface area contributed by atoms with Crippen molar-refractivity contribution in [1.29, 1.82) is 0 Å². The van der Waals surface area contributed by atoms with E-state index in [2.05, 4.69) is 10.2 Å². The smallest absolute Gasteiger partial charge is 0.256 e. The van der Waals surface area contributed by atoms with E-state index in [0.29, 0.717) is 24.5 Å². The Bertz CT molecular complexity index is 636. The number of carbonyl (C=O) groups excluding carboxylic acids is 1. The van der Waals surface area contributed by atoms with Crippen molar-refractivity contribution in [3.63, 3.8) is 0 Å². The quantitative estimate of drug-likeness (QED) is 0.927. The van der Waals surface area contributed by atoms with E-state index >= 15 is 0 Å². The molecular weight excluding hydrogens is 294 g/mol. The maximum Gasteiger partial charge on any atom is 0.256 e. The van der Waals surface area contributed by atoms with E-state index in [1.807, 2.05) is 18.2 Å². The third-order valence-corrected chi connectivity index (χ3v) is 3.87. The van der Waals surface area contributed by atoms with Crippen molar-refractivity contribution < 1.29 is 14.6 Å². The lowest BCUT2D eigenvalue weighted by Gasteiger charge is -2.33. The van der Waals surface area contributed by atoms with Gasteiger partial charge in [0.05, 0.1) is 6.54 Å². The third-order valence-electron chi connectivity index (χ3n) is 3.87. The molecule has 2 aromatic rings. The largest absolute Gasteiger partial charge is 0.471 e. The van der Waals surface area contributed by atoms with Crippen LogP contribution in [0.5, 0.6) is 5.88 Å². The molecule has 1 aliphatic rings. The molecule has 23 heavy (non-hydrogen) atoms. The van der Waals surface area contributed by atoms with Crippen LogP contribution in [-0.2, 0) is 4.79 Å². The molecule has 0 aliphatic carbocycles. The van der Waals surface area contributed by atoms with Crippen LogP contribution in [0.3, 0.4) is 0 Å². The molecule has 6 nitrogen and oxygen atoms in total. The van der Waals surface area contributed by atoms with Crippen molar-refractivity contribution >= 4 is 5.91 Å². The van der Waals surface area contributed by atoms with Crippen molar-refractivity contribution in [1.82, 2.24) is 15.1 Å². The van der Waals surface area contributed by atoms with Crippen LogP contribution in [0.1, 0.15) is 24.5 Å². The first kappa shape index (κ1) is 15.4. The Labute approximate surface area is 134 Å². The standard InChI is InChI=1S/C17H19N3O3/c21-16(13-6-2-1-3-7-13)17(22)20-11-5-8-14(12-20)23-15-9-4-10-18-19-15/h1-4,6-7,9-10,14,16,21H,5,8,11-12H2. The summed E-state index contributed by atoms with van der Waals surface area (Å²) in [5.74, 6) is 0.166. The second kappa shape index (κ2) is 7.19. The maximum absolute atomic E-state index is 12.5. The minimum absolute atomic E-state index is 0.132. The molecule has 0 saturated carbocycles. The van der Waals surface area contributed by atoms with Crippen molar-refractivity contribution in [3.05, 3.63) is 54.2 Å². The van der Waals surface area contributed by atoms with Crippen molar-refractivity contribution in [2.75, 3.05) is 13.1 Å². The zero-order valence-corrected chi connectivity index (χ0v) is 12.7. The van der Waals surface area contributed by atoms with Gasteiger partial charge in [0.15, 0.2) is 6.10 Å². The van der Waals surface area contributed by atoms with E-state index in [1.165, 1.54) is 0 Å². The van der Waals surface area contributed by atoms with Gasteiger partial charge in [0, 0.05) is 18.8 Å². The van der Waals surface area contributed by atoms with Crippen LogP contribution in [0, 0.1) is 0 Å². The van der Waals surface area contributed by atoms with E-state index in [-0.39, 0.29) is 12.0 Å². The molecule has 1 aromatic heterocycles. The van der Waals surface area contributed by atoms with Gasteiger partial charge in [0.1, 0.15) is 6.10 Å². The number of nitrogens with zero attached hydrogens (tertiary/aromatic N) is 3. The fourth-order valence-electron chi connectivity index (χ4n) is 2.71. The molecule has 1 saturated heterocycles. The molecule has 1 aliphatic heterocycles. The highest BCUT2D eigenvalue weighted by molar-refractivity contribution is 5.82. The molecule has 0 bridgehead atoms. The predicted octanol–water partition coefficient (Wildman–Crippen LogP) is 1.58. The normalized spacial score (nSPS) is 19.2. The van der Waals surface area contributed by atoms with E-state index < -0.39 is 6.10 Å². The summed E-state index contributed by atoms with van der Waals surface area (Å²) in [6.07, 6.45) is 2.00. The Kier molecular flexibility index (Phi) is 4.83. The number of rotatable bonds is 4. The topological polar surface area (TPSA) is 75.5 Å². The number of likely N-dealkylation sites (tertiary alicyclic amines) is 1. The molecule has 1 N–H and O–H groups in total. The summed E-state index contributed by atoms with van der Waals surface area (Å²) in [5, 5.41) is 17.9. The molecule has 2 heterocycles. The minimum Gasteiger partial charge on any atom is -0.471 e. The maximum atomic E-state index is 12.5. The zero-order valence-electron chi connectivity index (χ0n) is 12.7. The number of hydrogen-bond donors (Lipinski definition) is 1. The Balaban J connectivity index is 1.63. The van der Waals surface area contributed by atoms with Gasteiger partial charge in [-0.1, -0.05) is 30.3 Å². The molecule has 6 heteroatoms. The fraction of sp³-hybridized carbons (Fsp3) is 0.353. The number of piperidine rings is 1. The van der Waals surface area contributed by atoms with Gasteiger partial charge in [-0.2, -0.15) is 5.10 Å². The number of amides is 1. The molecule has 120 valence electrons. The van der Waals surface area contributed by atoms with Gasteiger partial charge >= 0.3 is 0 Å². The second-order valence-electron chi connectivity index (χ2n) is 5.54. The van der Waals surface area contributed by atoms with Crippen molar-refractivity contribution in [2.24, 2.45) is 0 Å². The summed E-state index contributed by atoms with van der Waals surface area (Å²) in [7, 11) is 0. The number of carbonyl (C=O) groups is 1. The summed E-state index contributed by atoms with van der Waals surface area (Å²) in [4.78, 5) is 14.1. The van der Waals surface area contributed by atoms with Crippen molar-refractivity contribution in [3.8, 4) is 5.88 Å². The van der Waals surface area contributed by atoms with Crippen LogP contribution < -0.4 is 4.74 Å². The van der Waals surface area contributed by atoms with E-state index in [9.17, 15) is 9.90 Å². The van der Waals surface area contributed by atoms with E-state index in [4.69, 9.17) is 4.74 Å². The van der Waals surface area contributed by atoms with Crippen LogP contribution in [0.4, 0.5) is 0 Å². The van der Waals surface area contributed by atoms with Crippen LogP contribution in [0.25, 0.3) is 0 Å².